The summed E-state index contributed by atoms with van der Waals surface area (Å²) in [6, 6.07) is 13.9. The second kappa shape index (κ2) is 8.00. The van der Waals surface area contributed by atoms with Gasteiger partial charge in [0.25, 0.3) is 5.91 Å². The van der Waals surface area contributed by atoms with Crippen molar-refractivity contribution < 1.29 is 9.53 Å². The van der Waals surface area contributed by atoms with Crippen molar-refractivity contribution in [2.75, 3.05) is 6.61 Å². The first-order valence-corrected chi connectivity index (χ1v) is 10.1. The molecule has 0 unspecified atom stereocenters. The van der Waals surface area contributed by atoms with Gasteiger partial charge in [-0.1, -0.05) is 53.3 Å². The number of amides is 1. The number of aryl methyl sites for hydroxylation is 3. The fourth-order valence-corrected chi connectivity index (χ4v) is 3.84. The molecule has 2 aromatic carbocycles. The molecule has 0 radical (unpaired) electrons. The number of hydrogen-bond donors (Lipinski definition) is 1. The van der Waals surface area contributed by atoms with Crippen molar-refractivity contribution in [3.8, 4) is 16.3 Å². The number of benzene rings is 2. The van der Waals surface area contributed by atoms with E-state index in [1.165, 1.54) is 16.9 Å². The van der Waals surface area contributed by atoms with Crippen LogP contribution < -0.4 is 10.1 Å². The molecule has 0 aliphatic carbocycles. The number of aromatic nitrogens is 4. The Bertz CT molecular complexity index is 1160. The molecule has 0 atom stereocenters. The van der Waals surface area contributed by atoms with E-state index < -0.39 is 0 Å². The summed E-state index contributed by atoms with van der Waals surface area (Å²) >= 11 is 1.49. The normalized spacial score (nSPS) is 11.0. The van der Waals surface area contributed by atoms with Crippen LogP contribution >= 0.6 is 11.3 Å². The lowest BCUT2D eigenvalue weighted by Crippen LogP contribution is -2.28. The van der Waals surface area contributed by atoms with Crippen LogP contribution in [-0.2, 0) is 11.3 Å². The highest BCUT2D eigenvalue weighted by Gasteiger charge is 2.10. The molecule has 1 N–H and O–H groups in total. The summed E-state index contributed by atoms with van der Waals surface area (Å²) in [5.41, 5.74) is 4.20. The number of rotatable bonds is 6. The highest BCUT2D eigenvalue weighted by Crippen LogP contribution is 2.25. The quantitative estimate of drug-likeness (QED) is 0.529. The zero-order valence-corrected chi connectivity index (χ0v) is 17.3. The predicted molar refractivity (Wildman–Crippen MR) is 112 cm³/mol. The van der Waals surface area contributed by atoms with E-state index in [0.717, 1.165) is 38.2 Å². The SMILES string of the molecule is Cc1ccc(OCC(=O)NCc2ccc(-c3nn4c(C)nnc4s3)cc2)c(C)c1. The first-order chi connectivity index (χ1) is 14.0. The monoisotopic (exact) mass is 407 g/mol. The molecule has 0 aliphatic heterocycles. The van der Waals surface area contributed by atoms with E-state index in [9.17, 15) is 4.79 Å². The Morgan fingerprint density at radius 3 is 2.62 bits per heavy atom. The fourth-order valence-electron chi connectivity index (χ4n) is 2.95. The molecule has 4 rings (SSSR count). The molecule has 0 fully saturated rings. The summed E-state index contributed by atoms with van der Waals surface area (Å²) in [5, 5.41) is 16.4. The first-order valence-electron chi connectivity index (χ1n) is 9.24. The molecule has 148 valence electrons. The second-order valence-electron chi connectivity index (χ2n) is 6.88. The van der Waals surface area contributed by atoms with Crippen molar-refractivity contribution in [3.05, 3.63) is 65.0 Å². The number of nitrogens with zero attached hydrogens (tertiary/aromatic N) is 4. The summed E-state index contributed by atoms with van der Waals surface area (Å²) in [5.74, 6) is 1.35. The number of nitrogens with one attached hydrogen (secondary N) is 1. The molecule has 2 heterocycles. The molecule has 1 amide bonds. The van der Waals surface area contributed by atoms with Gasteiger partial charge in [-0.15, -0.1) is 10.2 Å². The van der Waals surface area contributed by atoms with E-state index in [-0.39, 0.29) is 12.5 Å². The lowest BCUT2D eigenvalue weighted by Gasteiger charge is -2.10. The van der Waals surface area contributed by atoms with E-state index in [1.54, 1.807) is 4.52 Å². The molecule has 0 aliphatic rings. The predicted octanol–water partition coefficient (Wildman–Crippen LogP) is 3.47. The van der Waals surface area contributed by atoms with Crippen molar-refractivity contribution in [1.82, 2.24) is 25.1 Å². The number of carbonyl (C=O) groups is 1. The largest absolute Gasteiger partial charge is 0.484 e. The van der Waals surface area contributed by atoms with Crippen molar-refractivity contribution in [1.29, 1.82) is 0 Å². The van der Waals surface area contributed by atoms with Gasteiger partial charge < -0.3 is 10.1 Å². The molecule has 4 aromatic rings. The van der Waals surface area contributed by atoms with Crippen LogP contribution in [0, 0.1) is 20.8 Å². The maximum absolute atomic E-state index is 12.1. The van der Waals surface area contributed by atoms with Gasteiger partial charge in [-0.25, -0.2) is 0 Å². The van der Waals surface area contributed by atoms with E-state index >= 15 is 0 Å². The van der Waals surface area contributed by atoms with Crippen LogP contribution in [0.4, 0.5) is 0 Å². The van der Waals surface area contributed by atoms with Gasteiger partial charge in [0, 0.05) is 12.1 Å². The van der Waals surface area contributed by atoms with E-state index in [0.29, 0.717) is 6.54 Å². The zero-order chi connectivity index (χ0) is 20.4. The van der Waals surface area contributed by atoms with Gasteiger partial charge >= 0.3 is 0 Å². The molecular weight excluding hydrogens is 386 g/mol. The summed E-state index contributed by atoms with van der Waals surface area (Å²) < 4.78 is 7.36. The molecule has 29 heavy (non-hydrogen) atoms. The van der Waals surface area contributed by atoms with Crippen molar-refractivity contribution in [3.63, 3.8) is 0 Å². The average Bonchev–Trinajstić information content (AvgIpc) is 3.28. The molecule has 0 bridgehead atoms. The van der Waals surface area contributed by atoms with Crippen LogP contribution in [0.15, 0.2) is 42.5 Å². The Morgan fingerprint density at radius 1 is 1.10 bits per heavy atom. The lowest BCUT2D eigenvalue weighted by molar-refractivity contribution is -0.123. The number of ether oxygens (including phenoxy) is 1. The van der Waals surface area contributed by atoms with Crippen molar-refractivity contribution >= 4 is 22.2 Å². The van der Waals surface area contributed by atoms with E-state index in [4.69, 9.17) is 4.74 Å². The highest BCUT2D eigenvalue weighted by atomic mass is 32.1. The van der Waals surface area contributed by atoms with Crippen molar-refractivity contribution in [2.24, 2.45) is 0 Å². The van der Waals surface area contributed by atoms with Gasteiger partial charge in [-0.05, 0) is 38.0 Å². The lowest BCUT2D eigenvalue weighted by atomic mass is 10.1. The van der Waals surface area contributed by atoms with Crippen LogP contribution in [0.1, 0.15) is 22.5 Å². The summed E-state index contributed by atoms with van der Waals surface area (Å²) in [6.07, 6.45) is 0. The Labute approximate surface area is 172 Å². The topological polar surface area (TPSA) is 81.4 Å². The third-order valence-corrected chi connectivity index (χ3v) is 5.47. The first kappa shape index (κ1) is 19.1. The third kappa shape index (κ3) is 4.27. The zero-order valence-electron chi connectivity index (χ0n) is 16.5. The van der Waals surface area contributed by atoms with Crippen LogP contribution in [0.5, 0.6) is 5.75 Å². The van der Waals surface area contributed by atoms with Gasteiger partial charge in [0.05, 0.1) is 0 Å². The third-order valence-electron chi connectivity index (χ3n) is 4.53. The molecular formula is C21H21N5O2S. The second-order valence-corrected chi connectivity index (χ2v) is 7.84. The summed E-state index contributed by atoms with van der Waals surface area (Å²) in [4.78, 5) is 12.9. The minimum atomic E-state index is -0.154. The smallest absolute Gasteiger partial charge is 0.258 e. The van der Waals surface area contributed by atoms with E-state index in [2.05, 4.69) is 20.6 Å². The molecule has 0 spiro atoms. The van der Waals surface area contributed by atoms with E-state index in [1.807, 2.05) is 63.2 Å². The molecule has 8 heteroatoms. The van der Waals surface area contributed by atoms with Crippen molar-refractivity contribution in [2.45, 2.75) is 27.3 Å². The van der Waals surface area contributed by atoms with Crippen LogP contribution in [0.2, 0.25) is 0 Å². The molecule has 7 nitrogen and oxygen atoms in total. The van der Waals surface area contributed by atoms with Crippen LogP contribution in [0.3, 0.4) is 0 Å². The van der Waals surface area contributed by atoms with Gasteiger partial charge in [0.2, 0.25) is 4.96 Å². The molecule has 0 saturated heterocycles. The highest BCUT2D eigenvalue weighted by molar-refractivity contribution is 7.19. The van der Waals surface area contributed by atoms with Gasteiger partial charge in [0.15, 0.2) is 12.4 Å². The minimum Gasteiger partial charge on any atom is -0.484 e. The van der Waals surface area contributed by atoms with Gasteiger partial charge in [0.1, 0.15) is 10.8 Å². The number of fused-ring (bicyclic) bond motifs is 1. The molecule has 2 aromatic heterocycles. The fraction of sp³-hybridized carbons (Fsp3) is 0.238. The average molecular weight is 407 g/mol. The Hall–Kier alpha value is -3.26. The number of hydrogen-bond acceptors (Lipinski definition) is 6. The standard InChI is InChI=1S/C21H21N5O2S/c1-13-4-9-18(14(2)10-13)28-12-19(27)22-11-16-5-7-17(8-6-16)20-25-26-15(3)23-24-21(26)29-20/h4-10H,11-12H2,1-3H3,(H,22,27). The Balaban J connectivity index is 1.32. The van der Waals surface area contributed by atoms with Gasteiger partial charge in [-0.3, -0.25) is 4.79 Å². The summed E-state index contributed by atoms with van der Waals surface area (Å²) in [7, 11) is 0. The molecule has 0 saturated carbocycles. The maximum Gasteiger partial charge on any atom is 0.258 e. The summed E-state index contributed by atoms with van der Waals surface area (Å²) in [6.45, 7) is 6.31. The Morgan fingerprint density at radius 2 is 1.90 bits per heavy atom. The van der Waals surface area contributed by atoms with Crippen LogP contribution in [0.25, 0.3) is 15.5 Å². The minimum absolute atomic E-state index is 0.00567. The van der Waals surface area contributed by atoms with Crippen LogP contribution in [-0.4, -0.2) is 32.3 Å². The number of carbonyl (C=O) groups excluding carboxylic acids is 1. The maximum atomic E-state index is 12.1. The van der Waals surface area contributed by atoms with Gasteiger partial charge in [-0.2, -0.15) is 9.61 Å². The Kier molecular flexibility index (Phi) is 5.26.